The first-order valence-electron chi connectivity index (χ1n) is 12.0. The van der Waals surface area contributed by atoms with Crippen LogP contribution in [-0.4, -0.2) is 36.9 Å². The molecule has 1 heterocycles. The number of aliphatic hydroxyl groups is 1. The van der Waals surface area contributed by atoms with Crippen LogP contribution in [0.25, 0.3) is 0 Å². The van der Waals surface area contributed by atoms with Gasteiger partial charge in [-0.2, -0.15) is 0 Å². The van der Waals surface area contributed by atoms with Crippen LogP contribution in [0.5, 0.6) is 11.5 Å². The molecule has 0 aromatic heterocycles. The number of hydrogen-bond acceptors (Lipinski definition) is 5. The van der Waals surface area contributed by atoms with Crippen LogP contribution in [0.4, 0.5) is 0 Å². The van der Waals surface area contributed by atoms with Crippen molar-refractivity contribution >= 4 is 18.9 Å². The zero-order chi connectivity index (χ0) is 24.1. The summed E-state index contributed by atoms with van der Waals surface area (Å²) >= 11 is 0. The Morgan fingerprint density at radius 3 is 2.82 bits per heavy atom. The Bertz CT molecular complexity index is 975. The molecular weight excluding hydrogens is 454 g/mol. The zero-order valence-electron chi connectivity index (χ0n) is 20.1. The van der Waals surface area contributed by atoms with Crippen LogP contribution in [0.15, 0.2) is 60.7 Å². The number of hydrogen-bond donors (Lipinski definition) is 1. The van der Waals surface area contributed by atoms with E-state index in [0.717, 1.165) is 29.9 Å². The van der Waals surface area contributed by atoms with Gasteiger partial charge in [0.1, 0.15) is 29.3 Å². The average Bonchev–Trinajstić information content (AvgIpc) is 3.35. The van der Waals surface area contributed by atoms with Crippen molar-refractivity contribution in [3.05, 3.63) is 71.8 Å². The molecule has 7 atom stereocenters. The predicted octanol–water partition coefficient (Wildman–Crippen LogP) is 5.49. The van der Waals surface area contributed by atoms with Gasteiger partial charge in [-0.15, -0.1) is 0 Å². The van der Waals surface area contributed by atoms with Gasteiger partial charge in [0, 0.05) is 50.7 Å². The van der Waals surface area contributed by atoms with Crippen LogP contribution in [-0.2, 0) is 15.5 Å². The number of rotatable bonds is 11. The maximum Gasteiger partial charge on any atom is 0.133 e. The topological polar surface area (TPSA) is 57.2 Å². The largest absolute Gasteiger partial charge is 0.489 e. The molecule has 2 aromatic carbocycles. The first kappa shape index (κ1) is 23.3. The van der Waals surface area contributed by atoms with Gasteiger partial charge >= 0.3 is 0 Å². The molecule has 5 nitrogen and oxygen atoms in total. The summed E-state index contributed by atoms with van der Waals surface area (Å²) in [6, 6.07) is 16.0. The molecule has 2 unspecified atom stereocenters. The smallest absolute Gasteiger partial charge is 0.133 e. The van der Waals surface area contributed by atoms with Crippen LogP contribution >= 0.6 is 18.9 Å². The lowest BCUT2D eigenvalue weighted by Gasteiger charge is -2.32. The molecule has 0 bridgehead atoms. The first-order valence-corrected chi connectivity index (χ1v) is 12.4. The van der Waals surface area contributed by atoms with Crippen LogP contribution in [0.3, 0.4) is 0 Å². The number of aryl methyl sites for hydroxylation is 1. The van der Waals surface area contributed by atoms with Crippen LogP contribution in [0.2, 0.25) is 0 Å². The minimum absolute atomic E-state index is 0. The molecule has 2 aliphatic rings. The Morgan fingerprint density at radius 2 is 2.09 bits per heavy atom. The number of fused-ring (bicyclic) bond motifs is 3. The van der Waals surface area contributed by atoms with E-state index >= 15 is 0 Å². The fraction of sp³-hybridized carbons (Fsp3) is 0.462. The van der Waals surface area contributed by atoms with Gasteiger partial charge in [-0.1, -0.05) is 48.6 Å². The summed E-state index contributed by atoms with van der Waals surface area (Å²) in [5.74, 6) is 1.97. The van der Waals surface area contributed by atoms with Gasteiger partial charge in [0.15, 0.2) is 0 Å². The van der Waals surface area contributed by atoms with Gasteiger partial charge in [-0.25, -0.2) is 0 Å². The second-order valence-electron chi connectivity index (χ2n) is 9.27. The maximum atomic E-state index is 9.27. The maximum absolute atomic E-state index is 9.27. The molecule has 4 rings (SSSR count). The molecule has 0 radical (unpaired) electrons. The Hall–Kier alpha value is -1.48. The molecule has 1 saturated carbocycles. The van der Waals surface area contributed by atoms with Crippen molar-refractivity contribution in [1.82, 2.24) is 0 Å². The lowest BCUT2D eigenvalue weighted by molar-refractivity contribution is 0.0203. The number of aliphatic hydroxyl groups excluding tert-OH is 1. The summed E-state index contributed by atoms with van der Waals surface area (Å²) in [7, 11) is 2.04. The highest BCUT2D eigenvalue weighted by molar-refractivity contribution is 7.10. The Labute approximate surface area is 204 Å². The molecule has 0 saturated heterocycles. The van der Waals surface area contributed by atoms with E-state index in [2.05, 4.69) is 39.8 Å². The molecule has 0 amide bonds. The minimum atomic E-state index is -0.604. The number of ether oxygens (including phenoxy) is 2. The Kier molecular flexibility index (Phi) is 7.65. The monoisotopic (exact) mass is 494 g/mol. The average molecular weight is 495 g/mol. The summed E-state index contributed by atoms with van der Waals surface area (Å²) in [4.78, 5) is 0. The van der Waals surface area contributed by atoms with Crippen molar-refractivity contribution in [1.29, 1.82) is 1.28 Å². The number of para-hydroxylation sites is 2. The van der Waals surface area contributed by atoms with E-state index in [1.165, 1.54) is 5.56 Å². The van der Waals surface area contributed by atoms with Gasteiger partial charge in [0.2, 0.25) is 0 Å². The van der Waals surface area contributed by atoms with Crippen molar-refractivity contribution in [2.75, 3.05) is 6.61 Å². The van der Waals surface area contributed by atoms with Gasteiger partial charge in [-0.3, -0.25) is 0 Å². The summed E-state index contributed by atoms with van der Waals surface area (Å²) in [5, 5.41) is 9.27. The summed E-state index contributed by atoms with van der Waals surface area (Å²) in [5.41, 5.74) is 1.73. The third kappa shape index (κ3) is 5.29. The fourth-order valence-corrected chi connectivity index (χ4v) is 5.73. The molecule has 1 N–H and O–H groups in total. The van der Waals surface area contributed by atoms with E-state index in [1.54, 1.807) is 0 Å². The van der Waals surface area contributed by atoms with Gasteiger partial charge in [0.25, 0.3) is 0 Å². The van der Waals surface area contributed by atoms with Crippen LogP contribution in [0.1, 0.15) is 45.2 Å². The lowest BCUT2D eigenvalue weighted by Crippen LogP contribution is -2.41. The molecule has 1 aliphatic carbocycles. The molecular formula is C26H36O5P2. The van der Waals surface area contributed by atoms with Crippen LogP contribution in [0, 0.1) is 5.92 Å². The fourth-order valence-electron chi connectivity index (χ4n) is 5.06. The van der Waals surface area contributed by atoms with Crippen molar-refractivity contribution in [3.63, 3.8) is 0 Å². The SMILES string of the molecule is [3HH].[3H]PO[C@@H]1C[C@@H]2Oc3c(CCCO)cccc3[C@@H]2[C@H]1/C=C/[C@@H](OP)C(C)(C)Oc1ccccc1. The van der Waals surface area contributed by atoms with Crippen molar-refractivity contribution in [2.24, 2.45) is 5.92 Å². The van der Waals surface area contributed by atoms with E-state index in [1.807, 2.05) is 44.2 Å². The molecule has 0 spiro atoms. The zero-order valence-corrected chi connectivity index (χ0v) is 21.3. The Morgan fingerprint density at radius 1 is 1.27 bits per heavy atom. The van der Waals surface area contributed by atoms with Gasteiger partial charge < -0.3 is 23.6 Å². The summed E-state index contributed by atoms with van der Waals surface area (Å²) in [6.45, 7) is 4.19. The molecule has 2 aromatic rings. The summed E-state index contributed by atoms with van der Waals surface area (Å²) in [6.07, 6.45) is 6.10. The second-order valence-corrected chi connectivity index (χ2v) is 9.78. The van der Waals surface area contributed by atoms with Crippen LogP contribution < -0.4 is 9.47 Å². The summed E-state index contributed by atoms with van der Waals surface area (Å²) < 4.78 is 32.0. The highest BCUT2D eigenvalue weighted by Crippen LogP contribution is 2.53. The molecule has 1 fully saturated rings. The first-order chi connectivity index (χ1) is 16.5. The molecule has 180 valence electrons. The van der Waals surface area contributed by atoms with E-state index in [-0.39, 0.29) is 47.6 Å². The third-order valence-electron chi connectivity index (χ3n) is 6.68. The molecule has 7 heteroatoms. The van der Waals surface area contributed by atoms with Gasteiger partial charge in [0.05, 0.1) is 7.38 Å². The standard InChI is InChI=1S/C26H34O5P2.H2/c1-26(2,29-18-10-4-3-5-11-18)23(31-33)14-13-19-21(30-32)16-22-24(19)20-12-6-8-17(9-7-15-27)25(20)28-22;/h3-6,8,10-14,19,21-24,27H,7,9,15-16,32-33H2,1-2H3;1H/b14-13+;/t19-,21+,22-,23+,24-;/m0./s1/i32T;1+2/t19-,21+,22-,23+,24-,32?;. The van der Waals surface area contributed by atoms with E-state index in [9.17, 15) is 5.11 Å². The second kappa shape index (κ2) is 10.8. The molecule has 33 heavy (non-hydrogen) atoms. The van der Waals surface area contributed by atoms with E-state index in [4.69, 9.17) is 19.8 Å². The van der Waals surface area contributed by atoms with Crippen molar-refractivity contribution in [3.8, 4) is 11.5 Å². The normalized spacial score (nSPS) is 25.8. The quantitative estimate of drug-likeness (QED) is 0.331. The third-order valence-corrected chi connectivity index (χ3v) is 7.28. The lowest BCUT2D eigenvalue weighted by atomic mass is 9.86. The highest BCUT2D eigenvalue weighted by Gasteiger charge is 2.50. The van der Waals surface area contributed by atoms with E-state index < -0.39 is 5.60 Å². The minimum Gasteiger partial charge on any atom is -0.489 e. The highest BCUT2D eigenvalue weighted by atomic mass is 31.0. The van der Waals surface area contributed by atoms with Crippen molar-refractivity contribution in [2.45, 2.75) is 62.9 Å². The van der Waals surface area contributed by atoms with Crippen molar-refractivity contribution < 1.29 is 25.1 Å². The molecule has 1 aliphatic heterocycles. The van der Waals surface area contributed by atoms with E-state index in [0.29, 0.717) is 6.42 Å². The predicted molar refractivity (Wildman–Crippen MR) is 139 cm³/mol. The van der Waals surface area contributed by atoms with Gasteiger partial charge in [-0.05, 0) is 44.4 Å². The number of benzene rings is 2. The Balaban J connectivity index is 0.00000342.